The Bertz CT molecular complexity index is 397. The van der Waals surface area contributed by atoms with Crippen molar-refractivity contribution in [3.8, 4) is 6.07 Å². The fourth-order valence-corrected chi connectivity index (χ4v) is 1.20. The third kappa shape index (κ3) is 2.34. The van der Waals surface area contributed by atoms with Crippen molar-refractivity contribution in [2.24, 2.45) is 0 Å². The summed E-state index contributed by atoms with van der Waals surface area (Å²) in [6.45, 7) is 9.49. The minimum Gasteiger partial charge on any atom is -0.192 e. The van der Waals surface area contributed by atoms with Gasteiger partial charge in [-0.1, -0.05) is 31.4 Å². The van der Waals surface area contributed by atoms with Gasteiger partial charge < -0.3 is 0 Å². The molecule has 1 nitrogen and oxygen atoms in total. The van der Waals surface area contributed by atoms with Crippen LogP contribution in [0.5, 0.6) is 0 Å². The SMILES string of the molecule is C=C(/C=C(/C#N)C(=C)C)C1=CC=CC1. The lowest BCUT2D eigenvalue weighted by molar-refractivity contribution is 1.28. The Balaban J connectivity index is 2.82. The molecule has 0 aliphatic heterocycles. The van der Waals surface area contributed by atoms with E-state index in [1.807, 2.05) is 19.1 Å². The van der Waals surface area contributed by atoms with Crippen molar-refractivity contribution in [3.05, 3.63) is 59.8 Å². The molecule has 0 radical (unpaired) electrons. The number of nitriles is 1. The Labute approximate surface area is 85.1 Å². The Hall–Kier alpha value is -1.81. The van der Waals surface area contributed by atoms with Gasteiger partial charge in [0.15, 0.2) is 0 Å². The highest BCUT2D eigenvalue weighted by Gasteiger charge is 2.03. The van der Waals surface area contributed by atoms with Gasteiger partial charge in [-0.15, -0.1) is 0 Å². The fraction of sp³-hybridized carbons (Fsp3) is 0.154. The molecule has 0 fully saturated rings. The van der Waals surface area contributed by atoms with Gasteiger partial charge in [0.1, 0.15) is 0 Å². The Morgan fingerprint density at radius 3 is 2.71 bits per heavy atom. The Morgan fingerprint density at radius 2 is 2.29 bits per heavy atom. The van der Waals surface area contributed by atoms with E-state index in [0.717, 1.165) is 17.6 Å². The van der Waals surface area contributed by atoms with E-state index in [1.54, 1.807) is 6.08 Å². The molecule has 0 bridgehead atoms. The molecule has 0 spiro atoms. The first kappa shape index (κ1) is 10.3. The number of hydrogen-bond acceptors (Lipinski definition) is 1. The van der Waals surface area contributed by atoms with Crippen LogP contribution in [-0.4, -0.2) is 0 Å². The zero-order valence-electron chi connectivity index (χ0n) is 8.38. The van der Waals surface area contributed by atoms with Crippen LogP contribution in [0.15, 0.2) is 59.8 Å². The smallest absolute Gasteiger partial charge is 0.0994 e. The van der Waals surface area contributed by atoms with Crippen LogP contribution in [0.25, 0.3) is 0 Å². The maximum absolute atomic E-state index is 8.83. The summed E-state index contributed by atoms with van der Waals surface area (Å²) in [6, 6.07) is 2.11. The molecule has 1 heteroatoms. The number of nitrogens with zero attached hydrogens (tertiary/aromatic N) is 1. The maximum Gasteiger partial charge on any atom is 0.0994 e. The summed E-state index contributed by atoms with van der Waals surface area (Å²) in [7, 11) is 0. The predicted octanol–water partition coefficient (Wildman–Crippen LogP) is 3.45. The van der Waals surface area contributed by atoms with Gasteiger partial charge in [0.05, 0.1) is 11.6 Å². The zero-order valence-corrected chi connectivity index (χ0v) is 8.38. The molecule has 0 aromatic heterocycles. The molecule has 0 N–H and O–H groups in total. The highest BCUT2D eigenvalue weighted by Crippen LogP contribution is 2.21. The number of allylic oxidation sites excluding steroid dienone is 8. The highest BCUT2D eigenvalue weighted by atomic mass is 14.2. The lowest BCUT2D eigenvalue weighted by atomic mass is 10.0. The van der Waals surface area contributed by atoms with Crippen molar-refractivity contribution >= 4 is 0 Å². The van der Waals surface area contributed by atoms with E-state index in [0.29, 0.717) is 5.57 Å². The normalized spacial score (nSPS) is 14.9. The summed E-state index contributed by atoms with van der Waals surface area (Å²) in [5.41, 5.74) is 3.44. The molecule has 0 aromatic rings. The third-order valence-electron chi connectivity index (χ3n) is 2.08. The maximum atomic E-state index is 8.83. The first-order chi connectivity index (χ1) is 6.65. The van der Waals surface area contributed by atoms with Crippen molar-refractivity contribution in [1.82, 2.24) is 0 Å². The van der Waals surface area contributed by atoms with Crippen LogP contribution in [0.3, 0.4) is 0 Å². The number of hydrogen-bond donors (Lipinski definition) is 0. The molecule has 1 aliphatic rings. The molecule has 0 aromatic carbocycles. The molecule has 0 amide bonds. The molecule has 14 heavy (non-hydrogen) atoms. The fourth-order valence-electron chi connectivity index (χ4n) is 1.20. The molecule has 0 saturated heterocycles. The highest BCUT2D eigenvalue weighted by molar-refractivity contribution is 5.51. The van der Waals surface area contributed by atoms with E-state index in [4.69, 9.17) is 5.26 Å². The van der Waals surface area contributed by atoms with E-state index in [9.17, 15) is 0 Å². The van der Waals surface area contributed by atoms with Gasteiger partial charge in [0, 0.05) is 0 Å². The van der Waals surface area contributed by atoms with Crippen LogP contribution in [0.2, 0.25) is 0 Å². The summed E-state index contributed by atoms with van der Waals surface area (Å²) < 4.78 is 0. The van der Waals surface area contributed by atoms with E-state index >= 15 is 0 Å². The van der Waals surface area contributed by atoms with Crippen molar-refractivity contribution in [1.29, 1.82) is 5.26 Å². The van der Waals surface area contributed by atoms with E-state index in [1.165, 1.54) is 5.57 Å². The predicted molar refractivity (Wildman–Crippen MR) is 59.5 cm³/mol. The van der Waals surface area contributed by atoms with Crippen LogP contribution in [-0.2, 0) is 0 Å². The van der Waals surface area contributed by atoms with Crippen LogP contribution in [0.1, 0.15) is 13.3 Å². The molecular formula is C13H13N. The minimum absolute atomic E-state index is 0.600. The summed E-state index contributed by atoms with van der Waals surface area (Å²) in [4.78, 5) is 0. The van der Waals surface area contributed by atoms with Gasteiger partial charge in [-0.25, -0.2) is 0 Å². The van der Waals surface area contributed by atoms with Crippen LogP contribution < -0.4 is 0 Å². The molecular weight excluding hydrogens is 170 g/mol. The van der Waals surface area contributed by atoms with Crippen molar-refractivity contribution in [3.63, 3.8) is 0 Å². The molecule has 1 aliphatic carbocycles. The lowest BCUT2D eigenvalue weighted by Gasteiger charge is -2.02. The summed E-state index contributed by atoms with van der Waals surface area (Å²) >= 11 is 0. The summed E-state index contributed by atoms with van der Waals surface area (Å²) in [6.07, 6.45) is 8.79. The summed E-state index contributed by atoms with van der Waals surface area (Å²) in [5.74, 6) is 0. The second-order valence-electron chi connectivity index (χ2n) is 3.30. The second-order valence-corrected chi connectivity index (χ2v) is 3.30. The van der Waals surface area contributed by atoms with Crippen LogP contribution >= 0.6 is 0 Å². The van der Waals surface area contributed by atoms with Crippen LogP contribution in [0, 0.1) is 11.3 Å². The van der Waals surface area contributed by atoms with Gasteiger partial charge in [-0.05, 0) is 36.1 Å². The van der Waals surface area contributed by atoms with E-state index in [-0.39, 0.29) is 0 Å². The quantitative estimate of drug-likeness (QED) is 0.485. The van der Waals surface area contributed by atoms with Gasteiger partial charge in [-0.3, -0.25) is 0 Å². The first-order valence-corrected chi connectivity index (χ1v) is 4.48. The topological polar surface area (TPSA) is 23.8 Å². The van der Waals surface area contributed by atoms with E-state index in [2.05, 4.69) is 25.3 Å². The van der Waals surface area contributed by atoms with Crippen LogP contribution in [0.4, 0.5) is 0 Å². The first-order valence-electron chi connectivity index (χ1n) is 4.48. The summed E-state index contributed by atoms with van der Waals surface area (Å²) in [5, 5.41) is 8.83. The molecule has 0 heterocycles. The van der Waals surface area contributed by atoms with Gasteiger partial charge in [-0.2, -0.15) is 5.26 Å². The third-order valence-corrected chi connectivity index (χ3v) is 2.08. The molecule has 1 rings (SSSR count). The standard InChI is InChI=1S/C13H13N/c1-10(2)13(9-14)8-11(3)12-6-4-5-7-12/h4-6,8H,1,3,7H2,2H3/b13-8-. The number of rotatable bonds is 3. The van der Waals surface area contributed by atoms with Gasteiger partial charge >= 0.3 is 0 Å². The van der Waals surface area contributed by atoms with E-state index < -0.39 is 0 Å². The lowest BCUT2D eigenvalue weighted by Crippen LogP contribution is -1.85. The molecule has 0 unspecified atom stereocenters. The van der Waals surface area contributed by atoms with Crippen molar-refractivity contribution in [2.45, 2.75) is 13.3 Å². The Morgan fingerprint density at radius 1 is 1.57 bits per heavy atom. The molecule has 0 atom stereocenters. The van der Waals surface area contributed by atoms with Crippen molar-refractivity contribution < 1.29 is 0 Å². The van der Waals surface area contributed by atoms with Crippen molar-refractivity contribution in [2.75, 3.05) is 0 Å². The minimum atomic E-state index is 0.600. The largest absolute Gasteiger partial charge is 0.192 e. The average Bonchev–Trinajstić information content (AvgIpc) is 2.65. The Kier molecular flexibility index (Phi) is 3.25. The van der Waals surface area contributed by atoms with Gasteiger partial charge in [0.25, 0.3) is 0 Å². The van der Waals surface area contributed by atoms with Gasteiger partial charge in [0.2, 0.25) is 0 Å². The monoisotopic (exact) mass is 183 g/mol. The molecule has 0 saturated carbocycles. The zero-order chi connectivity index (χ0) is 10.6. The average molecular weight is 183 g/mol. The molecule has 70 valence electrons. The second kappa shape index (κ2) is 4.43.